The molecule has 17 heavy (non-hydrogen) atoms. The standard InChI is InChI=1S/C14H17NO2/c1-10-5-4-6-11(14(10)17)9-15-12-7-2-3-8-13(12)16/h2-3,7-10,15-16H,4-6H2,1H3. The third-order valence-corrected chi connectivity index (χ3v) is 3.15. The number of carbonyl (C=O) groups is 1. The van der Waals surface area contributed by atoms with E-state index in [-0.39, 0.29) is 17.5 Å². The van der Waals surface area contributed by atoms with Gasteiger partial charge in [-0.05, 0) is 31.4 Å². The lowest BCUT2D eigenvalue weighted by molar-refractivity contribution is -0.119. The summed E-state index contributed by atoms with van der Waals surface area (Å²) in [5, 5.41) is 12.6. The van der Waals surface area contributed by atoms with E-state index in [4.69, 9.17) is 0 Å². The lowest BCUT2D eigenvalue weighted by atomic mass is 9.86. The van der Waals surface area contributed by atoms with Crippen LogP contribution < -0.4 is 5.32 Å². The van der Waals surface area contributed by atoms with Gasteiger partial charge in [-0.1, -0.05) is 19.1 Å². The van der Waals surface area contributed by atoms with E-state index in [0.717, 1.165) is 24.8 Å². The molecule has 1 aromatic rings. The summed E-state index contributed by atoms with van der Waals surface area (Å²) in [4.78, 5) is 11.9. The first-order valence-electron chi connectivity index (χ1n) is 5.96. The van der Waals surface area contributed by atoms with Crippen LogP contribution in [0.1, 0.15) is 26.2 Å². The van der Waals surface area contributed by atoms with Gasteiger partial charge in [0.15, 0.2) is 5.78 Å². The predicted molar refractivity (Wildman–Crippen MR) is 67.8 cm³/mol. The minimum Gasteiger partial charge on any atom is -0.506 e. The highest BCUT2D eigenvalue weighted by Gasteiger charge is 2.22. The Balaban J connectivity index is 2.10. The summed E-state index contributed by atoms with van der Waals surface area (Å²) in [6.45, 7) is 1.97. The molecule has 1 saturated carbocycles. The summed E-state index contributed by atoms with van der Waals surface area (Å²) in [5.74, 6) is 0.543. The molecule has 0 radical (unpaired) electrons. The number of phenols is 1. The first-order chi connectivity index (χ1) is 8.18. The second kappa shape index (κ2) is 5.04. The van der Waals surface area contributed by atoms with Crippen molar-refractivity contribution in [2.24, 2.45) is 5.92 Å². The molecule has 90 valence electrons. The van der Waals surface area contributed by atoms with Crippen LogP contribution in [0.2, 0.25) is 0 Å². The fourth-order valence-corrected chi connectivity index (χ4v) is 2.07. The van der Waals surface area contributed by atoms with E-state index in [2.05, 4.69) is 5.32 Å². The average molecular weight is 231 g/mol. The van der Waals surface area contributed by atoms with Crippen molar-refractivity contribution in [3.63, 3.8) is 0 Å². The molecule has 1 fully saturated rings. The van der Waals surface area contributed by atoms with Gasteiger partial charge in [0.2, 0.25) is 0 Å². The summed E-state index contributed by atoms with van der Waals surface area (Å²) in [7, 11) is 0. The molecule has 1 atom stereocenters. The number of nitrogens with one attached hydrogen (secondary N) is 1. The van der Waals surface area contributed by atoms with E-state index in [0.29, 0.717) is 5.69 Å². The van der Waals surface area contributed by atoms with Gasteiger partial charge in [-0.25, -0.2) is 0 Å². The Morgan fingerprint density at radius 2 is 2.18 bits per heavy atom. The molecular weight excluding hydrogens is 214 g/mol. The van der Waals surface area contributed by atoms with Crippen LogP contribution in [0.5, 0.6) is 5.75 Å². The van der Waals surface area contributed by atoms with Gasteiger partial charge in [-0.3, -0.25) is 4.79 Å². The normalized spacial score (nSPS) is 22.8. The average Bonchev–Trinajstić information content (AvgIpc) is 2.33. The molecule has 0 aliphatic heterocycles. The zero-order valence-electron chi connectivity index (χ0n) is 9.94. The van der Waals surface area contributed by atoms with Crippen LogP contribution in [-0.4, -0.2) is 10.9 Å². The van der Waals surface area contributed by atoms with Crippen molar-refractivity contribution in [2.45, 2.75) is 26.2 Å². The zero-order chi connectivity index (χ0) is 12.3. The fourth-order valence-electron chi connectivity index (χ4n) is 2.07. The van der Waals surface area contributed by atoms with Crippen molar-refractivity contribution in [2.75, 3.05) is 5.32 Å². The van der Waals surface area contributed by atoms with Crippen LogP contribution in [0, 0.1) is 5.92 Å². The monoisotopic (exact) mass is 231 g/mol. The van der Waals surface area contributed by atoms with Gasteiger partial charge < -0.3 is 10.4 Å². The summed E-state index contributed by atoms with van der Waals surface area (Å²) >= 11 is 0. The Kier molecular flexibility index (Phi) is 3.47. The highest BCUT2D eigenvalue weighted by atomic mass is 16.3. The highest BCUT2D eigenvalue weighted by Crippen LogP contribution is 2.26. The van der Waals surface area contributed by atoms with Crippen LogP contribution in [0.15, 0.2) is 36.0 Å². The summed E-state index contributed by atoms with van der Waals surface area (Å²) < 4.78 is 0. The second-order valence-electron chi connectivity index (χ2n) is 4.49. The van der Waals surface area contributed by atoms with E-state index < -0.39 is 0 Å². The molecule has 0 bridgehead atoms. The SMILES string of the molecule is CC1CCCC(=CNc2ccccc2O)C1=O. The van der Waals surface area contributed by atoms with Gasteiger partial charge in [-0.2, -0.15) is 0 Å². The Hall–Kier alpha value is -1.77. The molecule has 2 N–H and O–H groups in total. The van der Waals surface area contributed by atoms with Crippen molar-refractivity contribution in [1.29, 1.82) is 0 Å². The maximum atomic E-state index is 11.9. The van der Waals surface area contributed by atoms with Crippen molar-refractivity contribution in [3.8, 4) is 5.75 Å². The molecule has 3 heteroatoms. The molecule has 0 heterocycles. The summed E-state index contributed by atoms with van der Waals surface area (Å²) in [6.07, 6.45) is 4.59. The summed E-state index contributed by atoms with van der Waals surface area (Å²) in [6, 6.07) is 7.00. The Bertz CT molecular complexity index is 451. The molecule has 2 rings (SSSR count). The molecule has 3 nitrogen and oxygen atoms in total. The number of Topliss-reactive ketones (excluding diaryl/α,β-unsaturated/α-hetero) is 1. The molecule has 1 aromatic carbocycles. The number of hydrogen-bond donors (Lipinski definition) is 2. The van der Waals surface area contributed by atoms with Crippen LogP contribution in [-0.2, 0) is 4.79 Å². The Morgan fingerprint density at radius 3 is 2.94 bits per heavy atom. The maximum absolute atomic E-state index is 11.9. The van der Waals surface area contributed by atoms with E-state index in [1.807, 2.05) is 13.0 Å². The molecule has 0 aromatic heterocycles. The number of carbonyl (C=O) groups excluding carboxylic acids is 1. The first kappa shape index (κ1) is 11.7. The number of aromatic hydroxyl groups is 1. The van der Waals surface area contributed by atoms with Crippen LogP contribution in [0.25, 0.3) is 0 Å². The number of para-hydroxylation sites is 2. The number of anilines is 1. The van der Waals surface area contributed by atoms with Crippen LogP contribution in [0.3, 0.4) is 0 Å². The van der Waals surface area contributed by atoms with Gasteiger partial charge in [-0.15, -0.1) is 0 Å². The van der Waals surface area contributed by atoms with Crippen LogP contribution in [0.4, 0.5) is 5.69 Å². The lowest BCUT2D eigenvalue weighted by Gasteiger charge is -2.19. The third kappa shape index (κ3) is 2.67. The van der Waals surface area contributed by atoms with Crippen molar-refractivity contribution >= 4 is 11.5 Å². The van der Waals surface area contributed by atoms with E-state index >= 15 is 0 Å². The number of allylic oxidation sites excluding steroid dienone is 1. The van der Waals surface area contributed by atoms with Crippen molar-refractivity contribution in [1.82, 2.24) is 0 Å². The van der Waals surface area contributed by atoms with Gasteiger partial charge in [0, 0.05) is 17.7 Å². The predicted octanol–water partition coefficient (Wildman–Crippen LogP) is 3.08. The number of rotatable bonds is 2. The summed E-state index contributed by atoms with van der Waals surface area (Å²) in [5.41, 5.74) is 1.46. The van der Waals surface area contributed by atoms with Gasteiger partial charge in [0.25, 0.3) is 0 Å². The molecule has 0 saturated heterocycles. The molecule has 1 aliphatic rings. The molecule has 0 spiro atoms. The van der Waals surface area contributed by atoms with E-state index in [1.54, 1.807) is 24.4 Å². The molecule has 1 aliphatic carbocycles. The number of hydrogen-bond acceptors (Lipinski definition) is 3. The second-order valence-corrected chi connectivity index (χ2v) is 4.49. The van der Waals surface area contributed by atoms with Crippen molar-refractivity contribution in [3.05, 3.63) is 36.0 Å². The lowest BCUT2D eigenvalue weighted by Crippen LogP contribution is -2.19. The molecular formula is C14H17NO2. The van der Waals surface area contributed by atoms with Gasteiger partial charge in [0.1, 0.15) is 5.75 Å². The Morgan fingerprint density at radius 1 is 1.41 bits per heavy atom. The van der Waals surface area contributed by atoms with E-state index in [1.165, 1.54) is 0 Å². The molecule has 1 unspecified atom stereocenters. The quantitative estimate of drug-likeness (QED) is 0.607. The van der Waals surface area contributed by atoms with E-state index in [9.17, 15) is 9.90 Å². The number of benzene rings is 1. The number of phenolic OH excluding ortho intramolecular Hbond substituents is 1. The largest absolute Gasteiger partial charge is 0.506 e. The van der Waals surface area contributed by atoms with Gasteiger partial charge >= 0.3 is 0 Å². The fraction of sp³-hybridized carbons (Fsp3) is 0.357. The van der Waals surface area contributed by atoms with Crippen molar-refractivity contribution < 1.29 is 9.90 Å². The highest BCUT2D eigenvalue weighted by molar-refractivity contribution is 5.97. The minimum atomic E-state index is 0.126. The Labute approximate surface area is 101 Å². The minimum absolute atomic E-state index is 0.126. The maximum Gasteiger partial charge on any atom is 0.163 e. The van der Waals surface area contributed by atoms with Crippen LogP contribution >= 0.6 is 0 Å². The third-order valence-electron chi connectivity index (χ3n) is 3.15. The smallest absolute Gasteiger partial charge is 0.163 e. The first-order valence-corrected chi connectivity index (χ1v) is 5.96. The van der Waals surface area contributed by atoms with Gasteiger partial charge in [0.05, 0.1) is 5.69 Å². The number of ketones is 1. The molecule has 0 amide bonds. The topological polar surface area (TPSA) is 49.3 Å². The zero-order valence-corrected chi connectivity index (χ0v) is 9.94.